The van der Waals surface area contributed by atoms with Crippen LogP contribution in [0, 0.1) is 17.8 Å². The first kappa shape index (κ1) is 14.8. The first-order valence-electron chi connectivity index (χ1n) is 8.47. The lowest BCUT2D eigenvalue weighted by Crippen LogP contribution is -2.47. The topological polar surface area (TPSA) is 61.4 Å². The van der Waals surface area contributed by atoms with Gasteiger partial charge in [-0.1, -0.05) is 0 Å². The summed E-state index contributed by atoms with van der Waals surface area (Å²) in [6.45, 7) is 3.78. The van der Waals surface area contributed by atoms with E-state index in [0.717, 1.165) is 50.9 Å². The quantitative estimate of drug-likeness (QED) is 0.728. The smallest absolute Gasteiger partial charge is 0.234 e. The molecule has 0 aromatic heterocycles. The largest absolute Gasteiger partial charge is 0.356 e. The molecule has 1 atom stereocenters. The normalized spacial score (nSPS) is 26.4. The Bertz CT molecular complexity index is 391. The minimum Gasteiger partial charge on any atom is -0.356 e. The van der Waals surface area contributed by atoms with Crippen LogP contribution in [0.15, 0.2) is 0 Å². The number of carbonyl (C=O) groups excluding carboxylic acids is 2. The van der Waals surface area contributed by atoms with Gasteiger partial charge in [-0.25, -0.2) is 0 Å². The lowest BCUT2D eigenvalue weighted by Gasteiger charge is -2.31. The zero-order valence-corrected chi connectivity index (χ0v) is 12.8. The number of likely N-dealkylation sites (tertiary alicyclic amines) is 1. The minimum atomic E-state index is 0.0636. The van der Waals surface area contributed by atoms with Gasteiger partial charge in [0, 0.05) is 19.6 Å². The maximum atomic E-state index is 12.1. The van der Waals surface area contributed by atoms with E-state index in [9.17, 15) is 9.59 Å². The van der Waals surface area contributed by atoms with Crippen molar-refractivity contribution in [1.29, 1.82) is 0 Å². The van der Waals surface area contributed by atoms with Gasteiger partial charge in [-0.3, -0.25) is 14.5 Å². The van der Waals surface area contributed by atoms with Gasteiger partial charge >= 0.3 is 0 Å². The Morgan fingerprint density at radius 3 is 2.29 bits per heavy atom. The molecule has 21 heavy (non-hydrogen) atoms. The number of hydrogen-bond acceptors (Lipinski definition) is 3. The summed E-state index contributed by atoms with van der Waals surface area (Å²) in [5.74, 6) is 1.80. The average molecular weight is 293 g/mol. The molecule has 2 N–H and O–H groups in total. The van der Waals surface area contributed by atoms with Crippen LogP contribution in [0.25, 0.3) is 0 Å². The van der Waals surface area contributed by atoms with Crippen LogP contribution in [0.1, 0.15) is 38.5 Å². The van der Waals surface area contributed by atoms with Crippen molar-refractivity contribution in [2.24, 2.45) is 17.8 Å². The zero-order chi connectivity index (χ0) is 14.7. The van der Waals surface area contributed by atoms with Gasteiger partial charge in [0.05, 0.1) is 12.5 Å². The minimum absolute atomic E-state index is 0.0636. The molecule has 2 saturated carbocycles. The molecule has 0 radical (unpaired) electrons. The predicted molar refractivity (Wildman–Crippen MR) is 80.6 cm³/mol. The fraction of sp³-hybridized carbons (Fsp3) is 0.875. The molecule has 3 rings (SSSR count). The Labute approximate surface area is 126 Å². The lowest BCUT2D eigenvalue weighted by atomic mass is 9.97. The molecule has 5 nitrogen and oxygen atoms in total. The molecule has 5 heteroatoms. The first-order chi connectivity index (χ1) is 10.2. The summed E-state index contributed by atoms with van der Waals surface area (Å²) in [5, 5.41) is 6.07. The summed E-state index contributed by atoms with van der Waals surface area (Å²) in [4.78, 5) is 26.2. The Hall–Kier alpha value is -1.10. The van der Waals surface area contributed by atoms with E-state index in [1.165, 1.54) is 25.7 Å². The summed E-state index contributed by atoms with van der Waals surface area (Å²) in [5.41, 5.74) is 0. The Morgan fingerprint density at radius 2 is 1.62 bits per heavy atom. The molecule has 3 fully saturated rings. The molecule has 1 saturated heterocycles. The summed E-state index contributed by atoms with van der Waals surface area (Å²) >= 11 is 0. The van der Waals surface area contributed by atoms with Crippen molar-refractivity contribution in [2.75, 3.05) is 32.7 Å². The molecule has 3 aliphatic rings. The van der Waals surface area contributed by atoms with E-state index in [1.54, 1.807) is 0 Å². The van der Waals surface area contributed by atoms with Crippen LogP contribution >= 0.6 is 0 Å². The van der Waals surface area contributed by atoms with Crippen molar-refractivity contribution in [1.82, 2.24) is 15.5 Å². The monoisotopic (exact) mass is 293 g/mol. The lowest BCUT2D eigenvalue weighted by molar-refractivity contribution is -0.129. The number of nitrogens with one attached hydrogen (secondary N) is 2. The molecule has 1 unspecified atom stereocenters. The van der Waals surface area contributed by atoms with Crippen molar-refractivity contribution in [3.63, 3.8) is 0 Å². The highest BCUT2D eigenvalue weighted by molar-refractivity contribution is 5.80. The second-order valence-electron chi connectivity index (χ2n) is 7.01. The van der Waals surface area contributed by atoms with E-state index in [1.807, 2.05) is 0 Å². The average Bonchev–Trinajstić information content (AvgIpc) is 3.38. The van der Waals surface area contributed by atoms with Gasteiger partial charge in [-0.15, -0.1) is 0 Å². The van der Waals surface area contributed by atoms with Gasteiger partial charge < -0.3 is 10.6 Å². The Morgan fingerprint density at radius 1 is 0.952 bits per heavy atom. The number of nitrogens with zero attached hydrogens (tertiary/aromatic N) is 1. The summed E-state index contributed by atoms with van der Waals surface area (Å²) in [6, 6.07) is 0. The van der Waals surface area contributed by atoms with E-state index in [0.29, 0.717) is 6.54 Å². The fourth-order valence-electron chi connectivity index (χ4n) is 2.96. The molecule has 0 bridgehead atoms. The number of rotatable bonds is 7. The molecule has 2 aliphatic carbocycles. The Kier molecular flexibility index (Phi) is 4.78. The standard InChI is InChI=1S/C16H27N3O2/c20-15(17-8-12-3-4-12)11-19-7-1-2-14(10-19)16(21)18-9-13-5-6-13/h12-14H,1-11H2,(H,17,20)(H,18,21). The van der Waals surface area contributed by atoms with Crippen molar-refractivity contribution in [3.05, 3.63) is 0 Å². The third-order valence-electron chi connectivity index (χ3n) is 4.79. The molecule has 0 spiro atoms. The van der Waals surface area contributed by atoms with Gasteiger partial charge in [0.1, 0.15) is 0 Å². The summed E-state index contributed by atoms with van der Waals surface area (Å²) in [6.07, 6.45) is 7.01. The third-order valence-corrected chi connectivity index (χ3v) is 4.79. The second-order valence-corrected chi connectivity index (χ2v) is 7.01. The highest BCUT2D eigenvalue weighted by Crippen LogP contribution is 2.28. The van der Waals surface area contributed by atoms with E-state index < -0.39 is 0 Å². The SMILES string of the molecule is O=C(CN1CCCC(C(=O)NCC2CC2)C1)NCC1CC1. The maximum Gasteiger partial charge on any atom is 0.234 e. The summed E-state index contributed by atoms with van der Waals surface area (Å²) < 4.78 is 0. The van der Waals surface area contributed by atoms with Crippen molar-refractivity contribution >= 4 is 11.8 Å². The molecule has 1 heterocycles. The van der Waals surface area contributed by atoms with Crippen LogP contribution in [0.3, 0.4) is 0 Å². The van der Waals surface area contributed by atoms with Crippen molar-refractivity contribution in [2.45, 2.75) is 38.5 Å². The molecule has 1 aliphatic heterocycles. The fourth-order valence-corrected chi connectivity index (χ4v) is 2.96. The van der Waals surface area contributed by atoms with Crippen LogP contribution in [-0.4, -0.2) is 49.4 Å². The zero-order valence-electron chi connectivity index (χ0n) is 12.8. The van der Waals surface area contributed by atoms with E-state index in [-0.39, 0.29) is 17.7 Å². The molecule has 0 aromatic carbocycles. The van der Waals surface area contributed by atoms with Gasteiger partial charge in [0.15, 0.2) is 0 Å². The van der Waals surface area contributed by atoms with Crippen molar-refractivity contribution in [3.8, 4) is 0 Å². The van der Waals surface area contributed by atoms with Crippen LogP contribution in [0.5, 0.6) is 0 Å². The molecule has 118 valence electrons. The molecule has 2 amide bonds. The summed E-state index contributed by atoms with van der Waals surface area (Å²) in [7, 11) is 0. The number of hydrogen-bond donors (Lipinski definition) is 2. The van der Waals surface area contributed by atoms with Crippen LogP contribution in [-0.2, 0) is 9.59 Å². The van der Waals surface area contributed by atoms with Gasteiger partial charge in [-0.2, -0.15) is 0 Å². The highest BCUT2D eigenvalue weighted by atomic mass is 16.2. The number of piperidine rings is 1. The van der Waals surface area contributed by atoms with Gasteiger partial charge in [0.2, 0.25) is 11.8 Å². The molecular formula is C16H27N3O2. The van der Waals surface area contributed by atoms with Crippen LogP contribution in [0.2, 0.25) is 0 Å². The Balaban J connectivity index is 1.36. The third kappa shape index (κ3) is 4.99. The maximum absolute atomic E-state index is 12.1. The number of amides is 2. The van der Waals surface area contributed by atoms with E-state index >= 15 is 0 Å². The van der Waals surface area contributed by atoms with Gasteiger partial charge in [0.25, 0.3) is 0 Å². The second kappa shape index (κ2) is 6.77. The highest BCUT2D eigenvalue weighted by Gasteiger charge is 2.29. The molecule has 0 aromatic rings. The predicted octanol–water partition coefficient (Wildman–Crippen LogP) is 0.751. The first-order valence-corrected chi connectivity index (χ1v) is 8.47. The molecular weight excluding hydrogens is 266 g/mol. The van der Waals surface area contributed by atoms with Gasteiger partial charge in [-0.05, 0) is 56.9 Å². The van der Waals surface area contributed by atoms with Crippen LogP contribution in [0.4, 0.5) is 0 Å². The van der Waals surface area contributed by atoms with E-state index in [2.05, 4.69) is 15.5 Å². The van der Waals surface area contributed by atoms with Crippen LogP contribution < -0.4 is 10.6 Å². The van der Waals surface area contributed by atoms with E-state index in [4.69, 9.17) is 0 Å². The van der Waals surface area contributed by atoms with Crippen molar-refractivity contribution < 1.29 is 9.59 Å². The number of carbonyl (C=O) groups is 2.